The van der Waals surface area contributed by atoms with E-state index in [1.165, 1.54) is 0 Å². The van der Waals surface area contributed by atoms with Gasteiger partial charge in [0, 0.05) is 11.9 Å². The van der Waals surface area contributed by atoms with Crippen molar-refractivity contribution in [3.8, 4) is 0 Å². The van der Waals surface area contributed by atoms with Crippen LogP contribution in [0.2, 0.25) is 0 Å². The van der Waals surface area contributed by atoms with E-state index < -0.39 is 0 Å². The predicted molar refractivity (Wildman–Crippen MR) is 86.9 cm³/mol. The molecule has 1 unspecified atom stereocenters. The maximum absolute atomic E-state index is 5.76. The van der Waals surface area contributed by atoms with E-state index >= 15 is 0 Å². The normalized spacial score (nSPS) is 23.6. The zero-order valence-corrected chi connectivity index (χ0v) is 14.9. The highest BCUT2D eigenvalue weighted by Crippen LogP contribution is 2.00. The topological polar surface area (TPSA) is 55.4 Å². The quantitative estimate of drug-likeness (QED) is 0.512. The minimum Gasteiger partial charge on any atom is -0.379 e. The Labute approximate surface area is 141 Å². The van der Waals surface area contributed by atoms with Crippen molar-refractivity contribution in [1.29, 1.82) is 0 Å². The van der Waals surface area contributed by atoms with E-state index in [1.807, 2.05) is 0 Å². The summed E-state index contributed by atoms with van der Waals surface area (Å²) in [7, 11) is 0. The van der Waals surface area contributed by atoms with Gasteiger partial charge in [-0.15, -0.1) is 0 Å². The fourth-order valence-corrected chi connectivity index (χ4v) is 2.20. The van der Waals surface area contributed by atoms with Crippen molar-refractivity contribution < 1.29 is 28.4 Å². The van der Waals surface area contributed by atoms with E-state index in [-0.39, 0.29) is 6.10 Å². The first-order valence-corrected chi connectivity index (χ1v) is 9.12. The Morgan fingerprint density at radius 1 is 0.773 bits per heavy atom. The first kappa shape index (κ1) is 20.3. The van der Waals surface area contributed by atoms with Gasteiger partial charge in [-0.1, -0.05) is 15.9 Å². The molecule has 132 valence electrons. The number of unbranched alkanes of at least 4 members (excludes halogenated alkanes) is 1. The van der Waals surface area contributed by atoms with Gasteiger partial charge in [0.25, 0.3) is 0 Å². The highest BCUT2D eigenvalue weighted by Gasteiger charge is 2.10. The van der Waals surface area contributed by atoms with Crippen LogP contribution >= 0.6 is 15.9 Å². The van der Waals surface area contributed by atoms with E-state index in [0.717, 1.165) is 24.8 Å². The van der Waals surface area contributed by atoms with Crippen LogP contribution in [0.5, 0.6) is 0 Å². The lowest BCUT2D eigenvalue weighted by molar-refractivity contribution is -0.0777. The van der Waals surface area contributed by atoms with E-state index in [0.29, 0.717) is 66.1 Å². The van der Waals surface area contributed by atoms with Crippen molar-refractivity contribution in [2.24, 2.45) is 0 Å². The Bertz CT molecular complexity index is 216. The van der Waals surface area contributed by atoms with Gasteiger partial charge in [-0.2, -0.15) is 0 Å². The highest BCUT2D eigenvalue weighted by molar-refractivity contribution is 9.09. The minimum atomic E-state index is -0.0612. The molecular formula is C15H29BrO6. The predicted octanol–water partition coefficient (Wildman–Crippen LogP) is 1.64. The molecule has 0 radical (unpaired) electrons. The van der Waals surface area contributed by atoms with E-state index in [4.69, 9.17) is 28.4 Å². The van der Waals surface area contributed by atoms with Crippen LogP contribution in [-0.2, 0) is 28.4 Å². The maximum atomic E-state index is 5.76. The van der Waals surface area contributed by atoms with Crippen molar-refractivity contribution in [3.63, 3.8) is 0 Å². The summed E-state index contributed by atoms with van der Waals surface area (Å²) in [4.78, 5) is 0. The van der Waals surface area contributed by atoms with Gasteiger partial charge in [0.15, 0.2) is 0 Å². The molecule has 0 aromatic carbocycles. The van der Waals surface area contributed by atoms with Gasteiger partial charge < -0.3 is 28.4 Å². The molecule has 1 aliphatic rings. The zero-order chi connectivity index (χ0) is 15.7. The largest absolute Gasteiger partial charge is 0.379 e. The van der Waals surface area contributed by atoms with Crippen molar-refractivity contribution in [2.45, 2.75) is 18.9 Å². The van der Waals surface area contributed by atoms with Crippen molar-refractivity contribution in [3.05, 3.63) is 0 Å². The molecule has 1 aliphatic heterocycles. The third kappa shape index (κ3) is 12.8. The van der Waals surface area contributed by atoms with Crippen LogP contribution in [-0.4, -0.2) is 84.1 Å². The standard InChI is InChI=1S/C15H29BrO6/c16-3-1-2-4-20-13-15-14-21-10-9-18-6-5-17-7-8-19-11-12-22-15/h15H,1-14H2. The summed E-state index contributed by atoms with van der Waals surface area (Å²) < 4.78 is 33.2. The van der Waals surface area contributed by atoms with Crippen molar-refractivity contribution in [1.82, 2.24) is 0 Å². The zero-order valence-electron chi connectivity index (χ0n) is 13.3. The van der Waals surface area contributed by atoms with Crippen LogP contribution in [0.1, 0.15) is 12.8 Å². The fourth-order valence-electron chi connectivity index (χ4n) is 1.81. The molecule has 0 amide bonds. The molecule has 0 spiro atoms. The van der Waals surface area contributed by atoms with Gasteiger partial charge in [0.1, 0.15) is 6.10 Å². The average molecular weight is 385 g/mol. The average Bonchev–Trinajstić information content (AvgIpc) is 2.54. The van der Waals surface area contributed by atoms with Crippen LogP contribution in [0.25, 0.3) is 0 Å². The molecule has 1 saturated heterocycles. The SMILES string of the molecule is BrCCCCOCC1COCCOCCOCCOCCO1. The van der Waals surface area contributed by atoms with Crippen molar-refractivity contribution >= 4 is 15.9 Å². The number of alkyl halides is 1. The lowest BCUT2D eigenvalue weighted by atomic mass is 10.3. The molecule has 0 aromatic heterocycles. The number of rotatable bonds is 6. The Morgan fingerprint density at radius 2 is 1.36 bits per heavy atom. The van der Waals surface area contributed by atoms with Crippen LogP contribution < -0.4 is 0 Å². The minimum absolute atomic E-state index is 0.0612. The molecule has 0 aromatic rings. The van der Waals surface area contributed by atoms with Gasteiger partial charge in [-0.25, -0.2) is 0 Å². The van der Waals surface area contributed by atoms with Gasteiger partial charge in [-0.05, 0) is 12.8 Å². The second-order valence-corrected chi connectivity index (χ2v) is 5.67. The molecule has 7 heteroatoms. The van der Waals surface area contributed by atoms with E-state index in [1.54, 1.807) is 0 Å². The summed E-state index contributed by atoms with van der Waals surface area (Å²) in [6.07, 6.45) is 2.11. The van der Waals surface area contributed by atoms with Gasteiger partial charge >= 0.3 is 0 Å². The first-order chi connectivity index (χ1) is 10.9. The monoisotopic (exact) mass is 384 g/mol. The number of hydrogen-bond acceptors (Lipinski definition) is 6. The van der Waals surface area contributed by atoms with Gasteiger partial charge in [0.2, 0.25) is 0 Å². The molecule has 1 fully saturated rings. The van der Waals surface area contributed by atoms with Gasteiger partial charge in [0.05, 0.1) is 66.1 Å². The molecule has 1 heterocycles. The number of halogens is 1. The molecule has 1 rings (SSSR count). The van der Waals surface area contributed by atoms with Crippen LogP contribution in [0.4, 0.5) is 0 Å². The Balaban J connectivity index is 2.18. The van der Waals surface area contributed by atoms with Crippen LogP contribution in [0.15, 0.2) is 0 Å². The summed E-state index contributed by atoms with van der Waals surface area (Å²) in [6, 6.07) is 0. The highest BCUT2D eigenvalue weighted by atomic mass is 79.9. The summed E-state index contributed by atoms with van der Waals surface area (Å²) >= 11 is 3.41. The summed E-state index contributed by atoms with van der Waals surface area (Å²) in [5, 5.41) is 1.01. The number of hydrogen-bond donors (Lipinski definition) is 0. The fraction of sp³-hybridized carbons (Fsp3) is 1.00. The molecule has 0 aliphatic carbocycles. The Hall–Kier alpha value is 0.240. The second-order valence-electron chi connectivity index (χ2n) is 4.88. The second kappa shape index (κ2) is 16.1. The molecule has 6 nitrogen and oxygen atoms in total. The Kier molecular flexibility index (Phi) is 14.9. The number of ether oxygens (including phenoxy) is 6. The van der Waals surface area contributed by atoms with Crippen LogP contribution in [0.3, 0.4) is 0 Å². The Morgan fingerprint density at radius 3 is 2.00 bits per heavy atom. The summed E-state index contributed by atoms with van der Waals surface area (Å²) in [5.41, 5.74) is 0. The lowest BCUT2D eigenvalue weighted by Crippen LogP contribution is -2.28. The third-order valence-electron chi connectivity index (χ3n) is 2.98. The smallest absolute Gasteiger partial charge is 0.104 e. The van der Waals surface area contributed by atoms with Crippen LogP contribution in [0, 0.1) is 0 Å². The molecule has 0 N–H and O–H groups in total. The molecule has 1 atom stereocenters. The summed E-state index contributed by atoms with van der Waals surface area (Å²) in [6.45, 7) is 6.36. The lowest BCUT2D eigenvalue weighted by Gasteiger charge is -2.18. The maximum Gasteiger partial charge on any atom is 0.104 e. The molecule has 0 bridgehead atoms. The van der Waals surface area contributed by atoms with Crippen molar-refractivity contribution in [2.75, 3.05) is 78.0 Å². The first-order valence-electron chi connectivity index (χ1n) is 7.99. The van der Waals surface area contributed by atoms with E-state index in [9.17, 15) is 0 Å². The molecule has 22 heavy (non-hydrogen) atoms. The van der Waals surface area contributed by atoms with Gasteiger partial charge in [-0.3, -0.25) is 0 Å². The molecule has 0 saturated carbocycles. The summed E-state index contributed by atoms with van der Waals surface area (Å²) in [5.74, 6) is 0. The third-order valence-corrected chi connectivity index (χ3v) is 3.54. The molecular weight excluding hydrogens is 356 g/mol. The van der Waals surface area contributed by atoms with E-state index in [2.05, 4.69) is 15.9 Å².